The van der Waals surface area contributed by atoms with Gasteiger partial charge in [0.05, 0.1) is 32.7 Å². The van der Waals surface area contributed by atoms with Gasteiger partial charge in [-0.05, 0) is 71.7 Å². The lowest BCUT2D eigenvalue weighted by Crippen LogP contribution is -2.14. The molecule has 214 valence electrons. The molecule has 2 atom stereocenters. The third-order valence-corrected chi connectivity index (χ3v) is 6.90. The van der Waals surface area contributed by atoms with Gasteiger partial charge in [-0.15, -0.1) is 0 Å². The molecule has 6 heteroatoms. The zero-order valence-electron chi connectivity index (χ0n) is 24.2. The highest BCUT2D eigenvalue weighted by Crippen LogP contribution is 2.25. The number of rotatable bonds is 16. The van der Waals surface area contributed by atoms with E-state index in [9.17, 15) is 9.59 Å². The van der Waals surface area contributed by atoms with Crippen molar-refractivity contribution < 1.29 is 28.5 Å². The number of ether oxygens (including phenoxy) is 4. The van der Waals surface area contributed by atoms with Gasteiger partial charge in [0.2, 0.25) is 0 Å². The number of carbonyl (C=O) groups excluding carboxylic acids is 2. The van der Waals surface area contributed by atoms with Crippen LogP contribution in [0.3, 0.4) is 0 Å². The van der Waals surface area contributed by atoms with Crippen LogP contribution < -0.4 is 4.74 Å². The first-order valence-corrected chi connectivity index (χ1v) is 14.1. The lowest BCUT2D eigenvalue weighted by molar-refractivity contribution is -0.149. The van der Waals surface area contributed by atoms with Gasteiger partial charge < -0.3 is 18.9 Å². The van der Waals surface area contributed by atoms with Crippen molar-refractivity contribution in [2.45, 2.75) is 72.2 Å². The zero-order valence-corrected chi connectivity index (χ0v) is 24.2. The standard InChI is InChI=1S/C34H42O6/c1-5-25(2)20-26(3)38-19-18-27-12-14-30(15-13-27)31-10-7-11-32(22-31)39-23-28-8-6-9-29(21-28)24-40-34(36)17-16-33(35)37-4/h6-15,21-22,25-26H,5,16-20,23-24H2,1-4H3. The van der Waals surface area contributed by atoms with Crippen LogP contribution in [0.15, 0.2) is 72.8 Å². The van der Waals surface area contributed by atoms with Crippen molar-refractivity contribution in [2.24, 2.45) is 5.92 Å². The second-order valence-corrected chi connectivity index (χ2v) is 10.3. The van der Waals surface area contributed by atoms with Crippen LogP contribution in [0.5, 0.6) is 5.75 Å². The average Bonchev–Trinajstić information content (AvgIpc) is 2.98. The monoisotopic (exact) mass is 546 g/mol. The van der Waals surface area contributed by atoms with E-state index in [4.69, 9.17) is 14.2 Å². The summed E-state index contributed by atoms with van der Waals surface area (Å²) in [5.41, 5.74) is 5.32. The first-order valence-electron chi connectivity index (χ1n) is 14.1. The minimum atomic E-state index is -0.433. The van der Waals surface area contributed by atoms with E-state index in [1.807, 2.05) is 42.5 Å². The Morgan fingerprint density at radius 1 is 0.775 bits per heavy atom. The summed E-state index contributed by atoms with van der Waals surface area (Å²) >= 11 is 0. The zero-order chi connectivity index (χ0) is 28.7. The maximum atomic E-state index is 11.9. The number of hydrogen-bond acceptors (Lipinski definition) is 6. The summed E-state index contributed by atoms with van der Waals surface area (Å²) in [6, 6.07) is 24.4. The minimum Gasteiger partial charge on any atom is -0.489 e. The van der Waals surface area contributed by atoms with Gasteiger partial charge in [-0.1, -0.05) is 74.9 Å². The van der Waals surface area contributed by atoms with Crippen molar-refractivity contribution in [3.05, 3.63) is 89.5 Å². The van der Waals surface area contributed by atoms with E-state index in [0.717, 1.165) is 47.5 Å². The molecule has 0 aliphatic carbocycles. The van der Waals surface area contributed by atoms with Crippen LogP contribution in [-0.2, 0) is 43.4 Å². The third-order valence-electron chi connectivity index (χ3n) is 6.90. The fourth-order valence-electron chi connectivity index (χ4n) is 4.33. The SMILES string of the molecule is CCC(C)CC(C)OCCc1ccc(-c2cccc(OCc3cccc(COC(=O)CCC(=O)OC)c3)c2)cc1. The molecule has 0 spiro atoms. The van der Waals surface area contributed by atoms with Crippen LogP contribution in [0, 0.1) is 5.92 Å². The normalized spacial score (nSPS) is 12.4. The Hall–Kier alpha value is -3.64. The quantitative estimate of drug-likeness (QED) is 0.175. The molecule has 6 nitrogen and oxygen atoms in total. The average molecular weight is 547 g/mol. The third kappa shape index (κ3) is 10.9. The Morgan fingerprint density at radius 3 is 2.20 bits per heavy atom. The van der Waals surface area contributed by atoms with Crippen molar-refractivity contribution in [1.29, 1.82) is 0 Å². The van der Waals surface area contributed by atoms with Crippen LogP contribution >= 0.6 is 0 Å². The van der Waals surface area contributed by atoms with Crippen molar-refractivity contribution >= 4 is 11.9 Å². The summed E-state index contributed by atoms with van der Waals surface area (Å²) in [7, 11) is 1.29. The molecule has 3 aromatic carbocycles. The molecule has 0 fully saturated rings. The molecule has 0 bridgehead atoms. The molecule has 0 aliphatic rings. The van der Waals surface area contributed by atoms with Gasteiger partial charge in [-0.25, -0.2) is 0 Å². The van der Waals surface area contributed by atoms with Gasteiger partial charge in [0.25, 0.3) is 0 Å². The summed E-state index contributed by atoms with van der Waals surface area (Å²) in [6.45, 7) is 7.93. The van der Waals surface area contributed by atoms with Gasteiger partial charge in [-0.3, -0.25) is 9.59 Å². The second kappa shape index (κ2) is 16.5. The van der Waals surface area contributed by atoms with Crippen molar-refractivity contribution in [2.75, 3.05) is 13.7 Å². The summed E-state index contributed by atoms with van der Waals surface area (Å²) in [5, 5.41) is 0. The Morgan fingerprint density at radius 2 is 1.48 bits per heavy atom. The van der Waals surface area contributed by atoms with E-state index in [0.29, 0.717) is 18.6 Å². The van der Waals surface area contributed by atoms with Gasteiger partial charge in [0, 0.05) is 0 Å². The van der Waals surface area contributed by atoms with E-state index < -0.39 is 11.9 Å². The Bertz CT molecular complexity index is 1200. The van der Waals surface area contributed by atoms with Gasteiger partial charge in [-0.2, -0.15) is 0 Å². The van der Waals surface area contributed by atoms with Crippen molar-refractivity contribution in [3.8, 4) is 16.9 Å². The lowest BCUT2D eigenvalue weighted by Gasteiger charge is -2.16. The Balaban J connectivity index is 1.48. The number of benzene rings is 3. The number of esters is 2. The van der Waals surface area contributed by atoms with Crippen LogP contribution in [0.4, 0.5) is 0 Å². The largest absolute Gasteiger partial charge is 0.489 e. The number of hydrogen-bond donors (Lipinski definition) is 0. The summed E-state index contributed by atoms with van der Waals surface area (Å²) < 4.78 is 21.9. The van der Waals surface area contributed by atoms with E-state index in [1.54, 1.807) is 0 Å². The molecule has 40 heavy (non-hydrogen) atoms. The van der Waals surface area contributed by atoms with Gasteiger partial charge >= 0.3 is 11.9 Å². The van der Waals surface area contributed by atoms with Crippen LogP contribution in [0.1, 0.15) is 63.1 Å². The van der Waals surface area contributed by atoms with E-state index in [2.05, 4.69) is 55.8 Å². The van der Waals surface area contributed by atoms with Crippen LogP contribution in [0.25, 0.3) is 11.1 Å². The van der Waals surface area contributed by atoms with Gasteiger partial charge in [0.15, 0.2) is 0 Å². The summed E-state index contributed by atoms with van der Waals surface area (Å²) in [4.78, 5) is 23.0. The molecule has 0 radical (unpaired) electrons. The molecular formula is C34H42O6. The highest BCUT2D eigenvalue weighted by atomic mass is 16.5. The first-order chi connectivity index (χ1) is 19.4. The molecule has 0 aromatic heterocycles. The fourth-order valence-corrected chi connectivity index (χ4v) is 4.33. The predicted octanol–water partition coefficient (Wildman–Crippen LogP) is 7.31. The Labute approximate surface area is 238 Å². The second-order valence-electron chi connectivity index (χ2n) is 10.3. The van der Waals surface area contributed by atoms with E-state index in [-0.39, 0.29) is 19.4 Å². The highest BCUT2D eigenvalue weighted by molar-refractivity contribution is 5.77. The lowest BCUT2D eigenvalue weighted by atomic mass is 10.0. The van der Waals surface area contributed by atoms with E-state index in [1.165, 1.54) is 19.1 Å². The van der Waals surface area contributed by atoms with Gasteiger partial charge in [0.1, 0.15) is 19.0 Å². The fraction of sp³-hybridized carbons (Fsp3) is 0.412. The van der Waals surface area contributed by atoms with Crippen molar-refractivity contribution in [1.82, 2.24) is 0 Å². The maximum absolute atomic E-state index is 11.9. The topological polar surface area (TPSA) is 71.1 Å². The first kappa shape index (κ1) is 30.9. The number of carbonyl (C=O) groups is 2. The summed E-state index contributed by atoms with van der Waals surface area (Å²) in [5.74, 6) is 0.615. The molecule has 0 saturated heterocycles. The number of methoxy groups -OCH3 is 1. The van der Waals surface area contributed by atoms with Crippen LogP contribution in [-0.4, -0.2) is 31.8 Å². The van der Waals surface area contributed by atoms with Crippen molar-refractivity contribution in [3.63, 3.8) is 0 Å². The predicted molar refractivity (Wildman–Crippen MR) is 157 cm³/mol. The van der Waals surface area contributed by atoms with E-state index >= 15 is 0 Å². The summed E-state index contributed by atoms with van der Waals surface area (Å²) in [6.07, 6.45) is 3.50. The molecular weight excluding hydrogens is 504 g/mol. The molecule has 0 saturated carbocycles. The molecule has 2 unspecified atom stereocenters. The van der Waals surface area contributed by atoms with Crippen LogP contribution in [0.2, 0.25) is 0 Å². The molecule has 0 heterocycles. The molecule has 0 amide bonds. The molecule has 3 aromatic rings. The smallest absolute Gasteiger partial charge is 0.306 e. The molecule has 0 aliphatic heterocycles. The molecule has 3 rings (SSSR count). The molecule has 0 N–H and O–H groups in total. The minimum absolute atomic E-state index is 0.000749. The maximum Gasteiger partial charge on any atom is 0.306 e. The Kier molecular flexibility index (Phi) is 12.7. The highest BCUT2D eigenvalue weighted by Gasteiger charge is 2.10.